The van der Waals surface area contributed by atoms with Crippen LogP contribution in [0.1, 0.15) is 60.3 Å². The molecule has 1 rings (SSSR count). The molecule has 0 bridgehead atoms. The van der Waals surface area contributed by atoms with E-state index >= 15 is 0 Å². The van der Waals surface area contributed by atoms with Gasteiger partial charge in [0.05, 0.1) is 6.54 Å². The summed E-state index contributed by atoms with van der Waals surface area (Å²) in [5, 5.41) is 0. The zero-order valence-electron chi connectivity index (χ0n) is 13.1. The number of hydrogen-bond donors (Lipinski definition) is 0. The molecule has 1 unspecified atom stereocenters. The van der Waals surface area contributed by atoms with Crippen molar-refractivity contribution in [3.8, 4) is 0 Å². The van der Waals surface area contributed by atoms with Crippen LogP contribution in [0.25, 0.3) is 0 Å². The Labute approximate surface area is 118 Å². The fraction of sp³-hybridized carbons (Fsp3) is 0.812. The first-order valence-electron chi connectivity index (χ1n) is 7.49. The van der Waals surface area contributed by atoms with Crippen molar-refractivity contribution in [1.82, 2.24) is 4.90 Å². The third kappa shape index (κ3) is 5.77. The van der Waals surface area contributed by atoms with Gasteiger partial charge in [-0.05, 0) is 34.1 Å². The van der Waals surface area contributed by atoms with E-state index in [0.717, 1.165) is 0 Å². The Morgan fingerprint density at radius 3 is 2.53 bits per heavy atom. The quantitative estimate of drug-likeness (QED) is 0.306. The van der Waals surface area contributed by atoms with Crippen molar-refractivity contribution in [3.63, 3.8) is 0 Å². The lowest BCUT2D eigenvalue weighted by atomic mass is 10.1. The Morgan fingerprint density at radius 1 is 1.32 bits per heavy atom. The van der Waals surface area contributed by atoms with Crippen LogP contribution in [-0.2, 0) is 9.53 Å². The molecule has 0 aromatic carbocycles. The van der Waals surface area contributed by atoms with Crippen LogP contribution in [0.3, 0.4) is 0 Å². The summed E-state index contributed by atoms with van der Waals surface area (Å²) in [5.74, 6) is -0.111. The van der Waals surface area contributed by atoms with Gasteiger partial charge in [0.1, 0.15) is 5.60 Å². The van der Waals surface area contributed by atoms with Gasteiger partial charge < -0.3 is 4.74 Å². The number of unbranched alkanes of at least 4 members (excludes halogenated alkanes) is 2. The summed E-state index contributed by atoms with van der Waals surface area (Å²) in [6.07, 6.45) is 9.23. The van der Waals surface area contributed by atoms with Crippen LogP contribution in [0, 0.1) is 0 Å². The fourth-order valence-electron chi connectivity index (χ4n) is 2.48. The Kier molecular flexibility index (Phi) is 6.05. The maximum Gasteiger partial charge on any atom is 0.320 e. The Morgan fingerprint density at radius 2 is 2.00 bits per heavy atom. The van der Waals surface area contributed by atoms with Gasteiger partial charge in [-0.25, -0.2) is 0 Å². The number of ether oxygens (including phenoxy) is 1. The van der Waals surface area contributed by atoms with Crippen molar-refractivity contribution in [3.05, 3.63) is 12.2 Å². The van der Waals surface area contributed by atoms with E-state index in [-0.39, 0.29) is 11.6 Å². The molecule has 19 heavy (non-hydrogen) atoms. The molecular weight excluding hydrogens is 238 g/mol. The molecule has 3 heteroatoms. The molecule has 3 atom stereocenters. The van der Waals surface area contributed by atoms with Gasteiger partial charge in [-0.3, -0.25) is 9.69 Å². The van der Waals surface area contributed by atoms with E-state index < -0.39 is 0 Å². The topological polar surface area (TPSA) is 29.3 Å². The molecule has 110 valence electrons. The second-order valence-corrected chi connectivity index (χ2v) is 6.34. The molecule has 0 amide bonds. The molecule has 1 saturated heterocycles. The minimum atomic E-state index is -0.388. The largest absolute Gasteiger partial charge is 0.459 e. The number of esters is 1. The van der Waals surface area contributed by atoms with Crippen LogP contribution in [0.15, 0.2) is 12.2 Å². The maximum absolute atomic E-state index is 11.8. The summed E-state index contributed by atoms with van der Waals surface area (Å²) in [6, 6.07) is 0.977. The van der Waals surface area contributed by atoms with Crippen LogP contribution >= 0.6 is 0 Å². The van der Waals surface area contributed by atoms with E-state index in [1.165, 1.54) is 25.7 Å². The van der Waals surface area contributed by atoms with Gasteiger partial charge in [-0.1, -0.05) is 38.3 Å². The SMILES string of the molecule is C/C=C\[C@H]1[C@@H](CCCCC)N1CC(=O)OC(C)(C)C. The summed E-state index contributed by atoms with van der Waals surface area (Å²) >= 11 is 0. The normalized spacial score (nSPS) is 26.7. The lowest BCUT2D eigenvalue weighted by molar-refractivity contribution is -0.154. The highest BCUT2D eigenvalue weighted by Crippen LogP contribution is 2.33. The van der Waals surface area contributed by atoms with Gasteiger partial charge in [0.15, 0.2) is 0 Å². The third-order valence-electron chi connectivity index (χ3n) is 3.34. The van der Waals surface area contributed by atoms with Crippen molar-refractivity contribution in [2.24, 2.45) is 0 Å². The van der Waals surface area contributed by atoms with Crippen LogP contribution < -0.4 is 0 Å². The number of nitrogens with zero attached hydrogens (tertiary/aromatic N) is 1. The van der Waals surface area contributed by atoms with Crippen molar-refractivity contribution in [2.75, 3.05) is 6.54 Å². The molecule has 0 aromatic rings. The predicted molar refractivity (Wildman–Crippen MR) is 79.1 cm³/mol. The molecule has 0 aliphatic carbocycles. The highest BCUT2D eigenvalue weighted by molar-refractivity contribution is 5.72. The summed E-state index contributed by atoms with van der Waals surface area (Å²) < 4.78 is 5.38. The summed E-state index contributed by atoms with van der Waals surface area (Å²) in [6.45, 7) is 10.4. The van der Waals surface area contributed by atoms with Crippen LogP contribution in [-0.4, -0.2) is 35.1 Å². The number of carbonyl (C=O) groups is 1. The lowest BCUT2D eigenvalue weighted by Gasteiger charge is -2.19. The number of rotatable bonds is 7. The molecule has 1 heterocycles. The molecule has 0 aromatic heterocycles. The van der Waals surface area contributed by atoms with Crippen molar-refractivity contribution in [2.45, 2.75) is 78.0 Å². The van der Waals surface area contributed by atoms with E-state index in [4.69, 9.17) is 4.74 Å². The second-order valence-electron chi connectivity index (χ2n) is 6.34. The van der Waals surface area contributed by atoms with E-state index in [2.05, 4.69) is 24.0 Å². The third-order valence-corrected chi connectivity index (χ3v) is 3.34. The van der Waals surface area contributed by atoms with Gasteiger partial charge in [-0.2, -0.15) is 0 Å². The molecule has 0 radical (unpaired) electrons. The zero-order valence-corrected chi connectivity index (χ0v) is 13.1. The predicted octanol–water partition coefficient (Wildman–Crippen LogP) is 3.54. The second kappa shape index (κ2) is 7.09. The summed E-state index contributed by atoms with van der Waals surface area (Å²) in [4.78, 5) is 14.1. The minimum Gasteiger partial charge on any atom is -0.459 e. The van der Waals surface area contributed by atoms with E-state index in [9.17, 15) is 4.79 Å². The van der Waals surface area contributed by atoms with Gasteiger partial charge >= 0.3 is 5.97 Å². The van der Waals surface area contributed by atoms with E-state index in [0.29, 0.717) is 18.6 Å². The Hall–Kier alpha value is -0.830. The fourth-order valence-corrected chi connectivity index (χ4v) is 2.48. The van der Waals surface area contributed by atoms with Crippen molar-refractivity contribution >= 4 is 5.97 Å². The minimum absolute atomic E-state index is 0.111. The molecule has 0 N–H and O–H groups in total. The summed E-state index contributed by atoms with van der Waals surface area (Å²) in [7, 11) is 0. The number of allylic oxidation sites excluding steroid dienone is 1. The number of hydrogen-bond acceptors (Lipinski definition) is 3. The number of carbonyl (C=O) groups excluding carboxylic acids is 1. The molecular formula is C16H29NO2. The maximum atomic E-state index is 11.8. The average molecular weight is 267 g/mol. The standard InChI is InChI=1S/C16H29NO2/c1-6-8-9-11-14-13(10-7-2)17(14)12-15(18)19-16(3,4)5/h7,10,13-14H,6,8-9,11-12H2,1-5H3/b10-7-/t13-,14+,17?/m0/s1. The van der Waals surface area contributed by atoms with Crippen LogP contribution in [0.4, 0.5) is 0 Å². The monoisotopic (exact) mass is 267 g/mol. The molecule has 0 saturated carbocycles. The van der Waals surface area contributed by atoms with Crippen molar-refractivity contribution < 1.29 is 9.53 Å². The van der Waals surface area contributed by atoms with Crippen molar-refractivity contribution in [1.29, 1.82) is 0 Å². The van der Waals surface area contributed by atoms with Gasteiger partial charge in [0, 0.05) is 12.1 Å². The molecule has 0 spiro atoms. The molecule has 1 aliphatic heterocycles. The highest BCUT2D eigenvalue weighted by atomic mass is 16.6. The molecule has 3 nitrogen and oxygen atoms in total. The van der Waals surface area contributed by atoms with E-state index in [1.807, 2.05) is 27.7 Å². The van der Waals surface area contributed by atoms with Crippen LogP contribution in [0.2, 0.25) is 0 Å². The highest BCUT2D eigenvalue weighted by Gasteiger charge is 2.45. The zero-order chi connectivity index (χ0) is 14.5. The first-order valence-corrected chi connectivity index (χ1v) is 7.49. The molecule has 1 fully saturated rings. The smallest absolute Gasteiger partial charge is 0.320 e. The Balaban J connectivity index is 2.40. The first-order chi connectivity index (χ1) is 8.89. The Bertz CT molecular complexity index is 317. The van der Waals surface area contributed by atoms with Gasteiger partial charge in [0.2, 0.25) is 0 Å². The van der Waals surface area contributed by atoms with Gasteiger partial charge in [0.25, 0.3) is 0 Å². The van der Waals surface area contributed by atoms with Crippen LogP contribution in [0.5, 0.6) is 0 Å². The average Bonchev–Trinajstić information content (AvgIpc) is 2.89. The molecule has 1 aliphatic rings. The van der Waals surface area contributed by atoms with Gasteiger partial charge in [-0.15, -0.1) is 0 Å². The summed E-state index contributed by atoms with van der Waals surface area (Å²) in [5.41, 5.74) is -0.388. The first kappa shape index (κ1) is 16.2. The van der Waals surface area contributed by atoms with E-state index in [1.54, 1.807) is 0 Å². The lowest BCUT2D eigenvalue weighted by Crippen LogP contribution is -2.28.